The van der Waals surface area contributed by atoms with Gasteiger partial charge >= 0.3 is 0 Å². The van der Waals surface area contributed by atoms with Crippen LogP contribution in [0.5, 0.6) is 0 Å². The fraction of sp³-hybridized carbons (Fsp3) is 0.615. The van der Waals surface area contributed by atoms with Crippen molar-refractivity contribution in [1.82, 2.24) is 10.3 Å². The lowest BCUT2D eigenvalue weighted by Gasteiger charge is -2.21. The van der Waals surface area contributed by atoms with Crippen molar-refractivity contribution in [1.29, 1.82) is 0 Å². The minimum Gasteiger partial charge on any atom is -0.383 e. The van der Waals surface area contributed by atoms with Crippen LogP contribution in [0.2, 0.25) is 0 Å². The number of methoxy groups -OCH3 is 1. The molecule has 0 spiro atoms. The van der Waals surface area contributed by atoms with Crippen LogP contribution in [0.25, 0.3) is 0 Å². The van der Waals surface area contributed by atoms with Gasteiger partial charge in [0.05, 0.1) is 12.8 Å². The van der Waals surface area contributed by atoms with Crippen LogP contribution in [-0.2, 0) is 11.3 Å². The van der Waals surface area contributed by atoms with Gasteiger partial charge in [0, 0.05) is 31.3 Å². The maximum Gasteiger partial charge on any atom is 0.141 e. The second kappa shape index (κ2) is 6.66. The molecule has 0 aliphatic rings. The van der Waals surface area contributed by atoms with E-state index in [9.17, 15) is 4.39 Å². The molecule has 18 heavy (non-hydrogen) atoms. The SMILES string of the molecule is COCCNc1ncc(F)cc1CNC(C)(C)C. The Morgan fingerprint density at radius 3 is 2.72 bits per heavy atom. The van der Waals surface area contributed by atoms with E-state index in [0.717, 1.165) is 5.56 Å². The maximum absolute atomic E-state index is 13.2. The number of hydrogen-bond donors (Lipinski definition) is 2. The molecule has 1 heterocycles. The van der Waals surface area contributed by atoms with Gasteiger partial charge in [0.1, 0.15) is 11.6 Å². The molecule has 5 heteroatoms. The summed E-state index contributed by atoms with van der Waals surface area (Å²) in [4.78, 5) is 4.07. The Balaban J connectivity index is 2.70. The Morgan fingerprint density at radius 1 is 1.39 bits per heavy atom. The zero-order valence-electron chi connectivity index (χ0n) is 11.5. The fourth-order valence-corrected chi connectivity index (χ4v) is 1.41. The van der Waals surface area contributed by atoms with Crippen molar-refractivity contribution >= 4 is 5.82 Å². The summed E-state index contributed by atoms with van der Waals surface area (Å²) in [7, 11) is 1.64. The average molecular weight is 255 g/mol. The zero-order valence-corrected chi connectivity index (χ0v) is 11.5. The van der Waals surface area contributed by atoms with E-state index in [4.69, 9.17) is 4.74 Å². The summed E-state index contributed by atoms with van der Waals surface area (Å²) in [5.41, 5.74) is 0.803. The molecular weight excluding hydrogens is 233 g/mol. The molecule has 0 aromatic carbocycles. The van der Waals surface area contributed by atoms with Crippen LogP contribution in [0.4, 0.5) is 10.2 Å². The summed E-state index contributed by atoms with van der Waals surface area (Å²) in [5.74, 6) is 0.378. The third-order valence-corrected chi connectivity index (χ3v) is 2.34. The van der Waals surface area contributed by atoms with Crippen molar-refractivity contribution in [3.63, 3.8) is 0 Å². The van der Waals surface area contributed by atoms with Gasteiger partial charge in [-0.2, -0.15) is 0 Å². The summed E-state index contributed by atoms with van der Waals surface area (Å²) in [6.45, 7) is 8.01. The highest BCUT2D eigenvalue weighted by molar-refractivity contribution is 5.43. The van der Waals surface area contributed by atoms with Crippen LogP contribution in [0.3, 0.4) is 0 Å². The van der Waals surface area contributed by atoms with Gasteiger partial charge in [-0.25, -0.2) is 9.37 Å². The highest BCUT2D eigenvalue weighted by Gasteiger charge is 2.11. The molecule has 0 aliphatic carbocycles. The Labute approximate surface area is 108 Å². The molecule has 1 aromatic heterocycles. The van der Waals surface area contributed by atoms with E-state index in [0.29, 0.717) is 25.5 Å². The first-order valence-electron chi connectivity index (χ1n) is 6.04. The van der Waals surface area contributed by atoms with Crippen LogP contribution in [0, 0.1) is 5.82 Å². The van der Waals surface area contributed by atoms with E-state index in [1.54, 1.807) is 7.11 Å². The Hall–Kier alpha value is -1.20. The van der Waals surface area contributed by atoms with Gasteiger partial charge in [-0.15, -0.1) is 0 Å². The summed E-state index contributed by atoms with van der Waals surface area (Å²) in [5, 5.41) is 6.45. The highest BCUT2D eigenvalue weighted by Crippen LogP contribution is 2.14. The molecule has 102 valence electrons. The molecule has 1 aromatic rings. The van der Waals surface area contributed by atoms with E-state index < -0.39 is 0 Å². The molecule has 0 saturated carbocycles. The second-order valence-corrected chi connectivity index (χ2v) is 5.18. The molecule has 0 amide bonds. The third-order valence-electron chi connectivity index (χ3n) is 2.34. The largest absolute Gasteiger partial charge is 0.383 e. The number of pyridine rings is 1. The fourth-order valence-electron chi connectivity index (χ4n) is 1.41. The van der Waals surface area contributed by atoms with E-state index in [1.165, 1.54) is 12.3 Å². The molecule has 0 aliphatic heterocycles. The van der Waals surface area contributed by atoms with Gasteiger partial charge in [0.25, 0.3) is 0 Å². The van der Waals surface area contributed by atoms with Crippen LogP contribution in [-0.4, -0.2) is 30.8 Å². The van der Waals surface area contributed by atoms with Crippen LogP contribution < -0.4 is 10.6 Å². The quantitative estimate of drug-likeness (QED) is 0.765. The molecule has 0 fully saturated rings. The first kappa shape index (κ1) is 14.9. The number of nitrogens with zero attached hydrogens (tertiary/aromatic N) is 1. The Kier molecular flexibility index (Phi) is 5.50. The minimum absolute atomic E-state index is 0.0177. The predicted molar refractivity (Wildman–Crippen MR) is 71.2 cm³/mol. The van der Waals surface area contributed by atoms with Gasteiger partial charge in [-0.3, -0.25) is 0 Å². The topological polar surface area (TPSA) is 46.2 Å². The number of anilines is 1. The number of aromatic nitrogens is 1. The lowest BCUT2D eigenvalue weighted by Crippen LogP contribution is -2.35. The summed E-state index contributed by atoms with van der Waals surface area (Å²) >= 11 is 0. The lowest BCUT2D eigenvalue weighted by atomic mass is 10.1. The monoisotopic (exact) mass is 255 g/mol. The standard InChI is InChI=1S/C13H22FN3O/c1-13(2,3)17-8-10-7-11(14)9-16-12(10)15-5-6-18-4/h7,9,17H,5-6,8H2,1-4H3,(H,15,16). The van der Waals surface area contributed by atoms with Gasteiger partial charge < -0.3 is 15.4 Å². The van der Waals surface area contributed by atoms with Gasteiger partial charge in [0.15, 0.2) is 0 Å². The maximum atomic E-state index is 13.2. The van der Waals surface area contributed by atoms with Crippen molar-refractivity contribution in [2.24, 2.45) is 0 Å². The number of ether oxygens (including phenoxy) is 1. The molecule has 4 nitrogen and oxygen atoms in total. The highest BCUT2D eigenvalue weighted by atomic mass is 19.1. The van der Waals surface area contributed by atoms with Crippen molar-refractivity contribution in [3.05, 3.63) is 23.6 Å². The number of rotatable bonds is 6. The van der Waals surface area contributed by atoms with Crippen LogP contribution >= 0.6 is 0 Å². The van der Waals surface area contributed by atoms with Gasteiger partial charge in [0.2, 0.25) is 0 Å². The van der Waals surface area contributed by atoms with E-state index in [1.807, 2.05) is 0 Å². The van der Waals surface area contributed by atoms with Crippen LogP contribution in [0.15, 0.2) is 12.3 Å². The number of hydrogen-bond acceptors (Lipinski definition) is 4. The second-order valence-electron chi connectivity index (χ2n) is 5.18. The molecule has 0 radical (unpaired) electrons. The Bertz CT molecular complexity index is 377. The minimum atomic E-state index is -0.321. The predicted octanol–water partition coefficient (Wildman–Crippen LogP) is 2.17. The van der Waals surface area contributed by atoms with Gasteiger partial charge in [-0.1, -0.05) is 0 Å². The normalized spacial score (nSPS) is 11.6. The summed E-state index contributed by atoms with van der Waals surface area (Å²) in [6, 6.07) is 1.50. The van der Waals surface area contributed by atoms with Crippen molar-refractivity contribution < 1.29 is 9.13 Å². The first-order chi connectivity index (χ1) is 8.42. The van der Waals surface area contributed by atoms with Crippen LogP contribution in [0.1, 0.15) is 26.3 Å². The van der Waals surface area contributed by atoms with Crippen molar-refractivity contribution in [2.45, 2.75) is 32.9 Å². The molecule has 0 saturated heterocycles. The molecule has 0 atom stereocenters. The average Bonchev–Trinajstić information content (AvgIpc) is 2.28. The van der Waals surface area contributed by atoms with Gasteiger partial charge in [-0.05, 0) is 26.8 Å². The summed E-state index contributed by atoms with van der Waals surface area (Å²) in [6.07, 6.45) is 1.22. The lowest BCUT2D eigenvalue weighted by molar-refractivity contribution is 0.210. The first-order valence-corrected chi connectivity index (χ1v) is 6.04. The molecule has 0 unspecified atom stereocenters. The van der Waals surface area contributed by atoms with E-state index >= 15 is 0 Å². The summed E-state index contributed by atoms with van der Waals surface area (Å²) < 4.78 is 18.2. The smallest absolute Gasteiger partial charge is 0.141 e. The zero-order chi connectivity index (χ0) is 13.6. The molecule has 1 rings (SSSR count). The van der Waals surface area contributed by atoms with E-state index in [-0.39, 0.29) is 11.4 Å². The third kappa shape index (κ3) is 5.42. The molecular formula is C13H22FN3O. The number of halogens is 1. The van der Waals surface area contributed by atoms with E-state index in [2.05, 4.69) is 36.4 Å². The molecule has 2 N–H and O–H groups in total. The van der Waals surface area contributed by atoms with Crippen molar-refractivity contribution in [2.75, 3.05) is 25.6 Å². The van der Waals surface area contributed by atoms with Crippen molar-refractivity contribution in [3.8, 4) is 0 Å². The Morgan fingerprint density at radius 2 is 2.11 bits per heavy atom. The molecule has 0 bridgehead atoms. The number of nitrogens with one attached hydrogen (secondary N) is 2.